The molecule has 0 heterocycles. The topological polar surface area (TPSA) is 66.5 Å². The number of benzene rings is 2. The van der Waals surface area contributed by atoms with Crippen LogP contribution in [0.25, 0.3) is 10.8 Å². The highest BCUT2D eigenvalue weighted by Gasteiger charge is 2.14. The minimum atomic E-state index is -0.524. The van der Waals surface area contributed by atoms with Gasteiger partial charge < -0.3 is 15.9 Å². The Morgan fingerprint density at radius 3 is 2.47 bits per heavy atom. The minimum Gasteiger partial charge on any atom is -0.508 e. The first kappa shape index (κ1) is 11.9. The molecule has 2 atom stereocenters. The molecule has 0 bridgehead atoms. The molecule has 0 unspecified atom stereocenters. The maximum absolute atomic E-state index is 9.73. The number of phenolic OH excluding ortho intramolecular Hbond substituents is 1. The molecule has 0 aromatic heterocycles. The van der Waals surface area contributed by atoms with Gasteiger partial charge in [0.05, 0.1) is 12.1 Å². The number of aliphatic hydroxyl groups is 1. The van der Waals surface area contributed by atoms with Crippen LogP contribution in [-0.4, -0.2) is 16.3 Å². The second kappa shape index (κ2) is 4.73. The third-order valence-corrected chi connectivity index (χ3v) is 3.07. The van der Waals surface area contributed by atoms with E-state index in [9.17, 15) is 10.2 Å². The SMILES string of the molecule is CC[C@@H](O)[C@@H](N)c1ccc2cc(O)ccc2c1. The molecule has 17 heavy (non-hydrogen) atoms. The zero-order chi connectivity index (χ0) is 12.4. The Labute approximate surface area is 101 Å². The van der Waals surface area contributed by atoms with Crippen molar-refractivity contribution in [1.82, 2.24) is 0 Å². The monoisotopic (exact) mass is 231 g/mol. The van der Waals surface area contributed by atoms with Crippen molar-refractivity contribution in [2.24, 2.45) is 5.73 Å². The van der Waals surface area contributed by atoms with E-state index in [0.29, 0.717) is 6.42 Å². The van der Waals surface area contributed by atoms with Gasteiger partial charge in [0.2, 0.25) is 0 Å². The van der Waals surface area contributed by atoms with E-state index in [2.05, 4.69) is 0 Å². The van der Waals surface area contributed by atoms with Crippen molar-refractivity contribution in [2.45, 2.75) is 25.5 Å². The molecule has 0 saturated carbocycles. The van der Waals surface area contributed by atoms with Crippen LogP contribution in [0.15, 0.2) is 36.4 Å². The van der Waals surface area contributed by atoms with Gasteiger partial charge in [0.25, 0.3) is 0 Å². The van der Waals surface area contributed by atoms with E-state index in [1.54, 1.807) is 12.1 Å². The van der Waals surface area contributed by atoms with Crippen LogP contribution in [0.1, 0.15) is 24.9 Å². The third kappa shape index (κ3) is 2.40. The predicted octanol–water partition coefficient (Wildman–Crippen LogP) is 2.32. The smallest absolute Gasteiger partial charge is 0.116 e. The quantitative estimate of drug-likeness (QED) is 0.759. The fourth-order valence-electron chi connectivity index (χ4n) is 1.94. The summed E-state index contributed by atoms with van der Waals surface area (Å²) in [6.45, 7) is 1.91. The summed E-state index contributed by atoms with van der Waals surface area (Å²) >= 11 is 0. The molecular formula is C14H17NO2. The maximum atomic E-state index is 9.73. The summed E-state index contributed by atoms with van der Waals surface area (Å²) < 4.78 is 0. The van der Waals surface area contributed by atoms with E-state index < -0.39 is 6.10 Å². The molecular weight excluding hydrogens is 214 g/mol. The number of phenols is 1. The molecule has 0 saturated heterocycles. The van der Waals surface area contributed by atoms with E-state index in [1.165, 1.54) is 0 Å². The molecule has 3 nitrogen and oxygen atoms in total. The number of aromatic hydroxyl groups is 1. The lowest BCUT2D eigenvalue weighted by Crippen LogP contribution is -2.25. The minimum absolute atomic E-state index is 0.253. The largest absolute Gasteiger partial charge is 0.508 e. The number of nitrogens with two attached hydrogens (primary N) is 1. The van der Waals surface area contributed by atoms with Gasteiger partial charge in [-0.2, -0.15) is 0 Å². The van der Waals surface area contributed by atoms with Gasteiger partial charge in [0.1, 0.15) is 5.75 Å². The van der Waals surface area contributed by atoms with Gasteiger partial charge in [0, 0.05) is 0 Å². The Balaban J connectivity index is 2.41. The van der Waals surface area contributed by atoms with E-state index in [1.807, 2.05) is 31.2 Å². The first-order chi connectivity index (χ1) is 8.11. The highest BCUT2D eigenvalue weighted by molar-refractivity contribution is 5.84. The van der Waals surface area contributed by atoms with Gasteiger partial charge in [-0.3, -0.25) is 0 Å². The summed E-state index contributed by atoms with van der Waals surface area (Å²) in [4.78, 5) is 0. The molecule has 0 amide bonds. The van der Waals surface area contributed by atoms with Crippen LogP contribution < -0.4 is 5.73 Å². The van der Waals surface area contributed by atoms with Crippen molar-refractivity contribution in [3.63, 3.8) is 0 Å². The summed E-state index contributed by atoms with van der Waals surface area (Å²) in [6.07, 6.45) is 0.110. The van der Waals surface area contributed by atoms with Crippen LogP contribution >= 0.6 is 0 Å². The average Bonchev–Trinajstić information content (AvgIpc) is 2.36. The first-order valence-electron chi connectivity index (χ1n) is 5.78. The Kier molecular flexibility index (Phi) is 3.31. The summed E-state index contributed by atoms with van der Waals surface area (Å²) in [7, 11) is 0. The zero-order valence-electron chi connectivity index (χ0n) is 9.80. The van der Waals surface area contributed by atoms with Crippen molar-refractivity contribution in [1.29, 1.82) is 0 Å². The van der Waals surface area contributed by atoms with Crippen LogP contribution in [0.2, 0.25) is 0 Å². The standard InChI is InChI=1S/C14H17NO2/c1-2-13(17)14(15)11-4-3-10-8-12(16)6-5-9(10)7-11/h3-8,13-14,16-17H,2,15H2,1H3/t13-,14+/m1/s1. The fraction of sp³-hybridized carbons (Fsp3) is 0.286. The number of aliphatic hydroxyl groups excluding tert-OH is 1. The molecule has 0 aliphatic heterocycles. The number of hydrogen-bond donors (Lipinski definition) is 3. The van der Waals surface area contributed by atoms with Crippen LogP contribution in [0.5, 0.6) is 5.75 Å². The molecule has 2 rings (SSSR count). The molecule has 0 spiro atoms. The summed E-state index contributed by atoms with van der Waals surface area (Å²) in [5.74, 6) is 0.253. The molecule has 2 aromatic rings. The molecule has 2 aromatic carbocycles. The molecule has 90 valence electrons. The van der Waals surface area contributed by atoms with Crippen LogP contribution in [0, 0.1) is 0 Å². The summed E-state index contributed by atoms with van der Waals surface area (Å²) in [5.41, 5.74) is 6.88. The molecule has 0 aliphatic carbocycles. The number of hydrogen-bond acceptors (Lipinski definition) is 3. The highest BCUT2D eigenvalue weighted by atomic mass is 16.3. The average molecular weight is 231 g/mol. The second-order valence-corrected chi connectivity index (χ2v) is 4.29. The van der Waals surface area contributed by atoms with Crippen molar-refractivity contribution in [2.75, 3.05) is 0 Å². The maximum Gasteiger partial charge on any atom is 0.116 e. The Morgan fingerprint density at radius 2 is 1.76 bits per heavy atom. The predicted molar refractivity (Wildman–Crippen MR) is 68.8 cm³/mol. The van der Waals surface area contributed by atoms with Crippen molar-refractivity contribution >= 4 is 10.8 Å². The second-order valence-electron chi connectivity index (χ2n) is 4.29. The fourth-order valence-corrected chi connectivity index (χ4v) is 1.94. The lowest BCUT2D eigenvalue weighted by Gasteiger charge is -2.18. The zero-order valence-corrected chi connectivity index (χ0v) is 9.80. The Morgan fingerprint density at radius 1 is 1.12 bits per heavy atom. The van der Waals surface area contributed by atoms with Crippen LogP contribution in [0.3, 0.4) is 0 Å². The van der Waals surface area contributed by atoms with Crippen molar-refractivity contribution in [3.8, 4) is 5.75 Å². The Hall–Kier alpha value is -1.58. The van der Waals surface area contributed by atoms with Crippen molar-refractivity contribution in [3.05, 3.63) is 42.0 Å². The molecule has 4 N–H and O–H groups in total. The number of rotatable bonds is 3. The number of fused-ring (bicyclic) bond motifs is 1. The van der Waals surface area contributed by atoms with E-state index in [-0.39, 0.29) is 11.8 Å². The van der Waals surface area contributed by atoms with Crippen LogP contribution in [0.4, 0.5) is 0 Å². The first-order valence-corrected chi connectivity index (χ1v) is 5.78. The highest BCUT2D eigenvalue weighted by Crippen LogP contribution is 2.24. The Bertz CT molecular complexity index is 525. The van der Waals surface area contributed by atoms with Crippen LogP contribution in [-0.2, 0) is 0 Å². The molecule has 0 radical (unpaired) electrons. The van der Waals surface area contributed by atoms with Gasteiger partial charge in [-0.05, 0) is 41.0 Å². The van der Waals surface area contributed by atoms with Gasteiger partial charge in [-0.25, -0.2) is 0 Å². The molecule has 0 fully saturated rings. The molecule has 0 aliphatic rings. The summed E-state index contributed by atoms with van der Waals surface area (Å²) in [5, 5.41) is 21.1. The van der Waals surface area contributed by atoms with Gasteiger partial charge in [0.15, 0.2) is 0 Å². The van der Waals surface area contributed by atoms with Crippen molar-refractivity contribution < 1.29 is 10.2 Å². The lowest BCUT2D eigenvalue weighted by molar-refractivity contribution is 0.141. The normalized spacial score (nSPS) is 14.8. The summed E-state index contributed by atoms with van der Waals surface area (Å²) in [6, 6.07) is 10.6. The molecule has 3 heteroatoms. The third-order valence-electron chi connectivity index (χ3n) is 3.07. The van der Waals surface area contributed by atoms with Gasteiger partial charge in [-0.15, -0.1) is 0 Å². The van der Waals surface area contributed by atoms with Gasteiger partial charge >= 0.3 is 0 Å². The van der Waals surface area contributed by atoms with E-state index in [0.717, 1.165) is 16.3 Å². The lowest BCUT2D eigenvalue weighted by atomic mass is 9.97. The van der Waals surface area contributed by atoms with E-state index in [4.69, 9.17) is 5.73 Å². The van der Waals surface area contributed by atoms with E-state index >= 15 is 0 Å². The van der Waals surface area contributed by atoms with Gasteiger partial charge in [-0.1, -0.05) is 25.1 Å².